The molecule has 0 bridgehead atoms. The monoisotopic (exact) mass is 929 g/mol. The van der Waals surface area contributed by atoms with Crippen molar-refractivity contribution in [2.75, 3.05) is 33.5 Å². The van der Waals surface area contributed by atoms with Crippen molar-refractivity contribution in [3.8, 4) is 11.5 Å². The highest BCUT2D eigenvalue weighted by Crippen LogP contribution is 2.71. The second kappa shape index (κ2) is 21.4. The number of esters is 2. The summed E-state index contributed by atoms with van der Waals surface area (Å²) in [4.78, 5) is 80.1. The van der Waals surface area contributed by atoms with Gasteiger partial charge in [0.15, 0.2) is 35.2 Å². The van der Waals surface area contributed by atoms with E-state index in [4.69, 9.17) is 54.9 Å². The molecule has 0 aliphatic heterocycles. The number of hydrogen-bond donors (Lipinski definition) is 7. The SMILES string of the molecule is COc1cc(C(=O)OCCCCC(CON(O)O)ON(O)O)ccc1OC(=O)OCC(=O)[C@@]1(OC(=O)CCCON(O)O)[C@H](C)CC2C3CCC4=CC(=O)C=C[C@]4(C)[C@@]3(F)[C@@H](O)C[C@@]21C. The first kappa shape index (κ1) is 51.4. The standard InChI is InChI=1S/C41H56FN3O20/c1-24-18-30-29-12-11-26-20-27(46)14-15-38(26,2)40(29,42)33(47)21-39(30,3)41(24,64-35(49)9-7-17-61-43(52)53)34(48)23-60-37(51)63-31-13-10-25(19-32(31)58-4)36(50)59-16-6-5-8-28(65-45(56)57)22-62-44(54)55/h10,13-15,19-20,24,28-30,33,47,52-57H,5-9,11-12,16-18,21-23H2,1-4H3/t24-,28?,29?,30?,33+,38+,39+,40+,41+/m1/s1. The van der Waals surface area contributed by atoms with E-state index in [1.165, 1.54) is 43.5 Å². The van der Waals surface area contributed by atoms with Gasteiger partial charge in [-0.15, -0.1) is 0 Å². The van der Waals surface area contributed by atoms with Crippen molar-refractivity contribution >= 4 is 29.7 Å². The van der Waals surface area contributed by atoms with Gasteiger partial charge in [0.05, 0.1) is 48.2 Å². The number of rotatable bonds is 22. The van der Waals surface area contributed by atoms with Crippen LogP contribution in [0.25, 0.3) is 0 Å². The molecule has 0 saturated heterocycles. The average molecular weight is 930 g/mol. The number of benzene rings is 1. The summed E-state index contributed by atoms with van der Waals surface area (Å²) in [5.74, 6) is -5.46. The first-order chi connectivity index (χ1) is 30.6. The van der Waals surface area contributed by atoms with E-state index in [1.54, 1.807) is 20.8 Å². The molecule has 1 aromatic carbocycles. The summed E-state index contributed by atoms with van der Waals surface area (Å²) in [6.45, 7) is 3.07. The molecular weight excluding hydrogens is 873 g/mol. The van der Waals surface area contributed by atoms with Crippen molar-refractivity contribution in [2.24, 2.45) is 28.6 Å². The molecule has 0 heterocycles. The Balaban J connectivity index is 1.27. The molecule has 1 aromatic rings. The van der Waals surface area contributed by atoms with Gasteiger partial charge in [0.1, 0.15) is 12.7 Å². The number of allylic oxidation sites excluding steroid dienone is 4. The van der Waals surface area contributed by atoms with E-state index >= 15 is 4.39 Å². The third kappa shape index (κ3) is 10.9. The fourth-order valence-corrected chi connectivity index (χ4v) is 10.4. The van der Waals surface area contributed by atoms with E-state index in [-0.39, 0.29) is 81.0 Å². The number of unbranched alkanes of at least 4 members (excludes halogenated alkanes) is 1. The lowest BCUT2D eigenvalue weighted by atomic mass is 9.44. The molecule has 0 aromatic heterocycles. The van der Waals surface area contributed by atoms with Crippen molar-refractivity contribution in [1.29, 1.82) is 0 Å². The van der Waals surface area contributed by atoms with E-state index in [1.807, 2.05) is 0 Å². The van der Waals surface area contributed by atoms with Gasteiger partial charge in [-0.25, -0.2) is 23.7 Å². The minimum atomic E-state index is -2.26. The minimum Gasteiger partial charge on any atom is -0.493 e. The zero-order valence-corrected chi connectivity index (χ0v) is 36.2. The molecule has 7 N–H and O–H groups in total. The summed E-state index contributed by atoms with van der Waals surface area (Å²) in [6.07, 6.45) is 0.729. The molecule has 0 amide bonds. The normalized spacial score (nSPS) is 29.7. The maximum absolute atomic E-state index is 17.9. The van der Waals surface area contributed by atoms with Crippen LogP contribution in [0.4, 0.5) is 9.18 Å². The van der Waals surface area contributed by atoms with Crippen LogP contribution < -0.4 is 9.47 Å². The van der Waals surface area contributed by atoms with Crippen LogP contribution in [-0.2, 0) is 43.1 Å². The maximum atomic E-state index is 17.9. The fraction of sp³-hybridized carbons (Fsp3) is 0.634. The molecule has 3 saturated carbocycles. The Labute approximate surface area is 371 Å². The minimum absolute atomic E-state index is 0.00732. The van der Waals surface area contributed by atoms with Crippen molar-refractivity contribution in [3.05, 3.63) is 47.6 Å². The van der Waals surface area contributed by atoms with E-state index in [9.17, 15) is 29.1 Å². The molecule has 4 aliphatic rings. The van der Waals surface area contributed by atoms with E-state index < -0.39 is 105 Å². The molecule has 362 valence electrons. The lowest BCUT2D eigenvalue weighted by Crippen LogP contribution is -2.70. The first-order valence-electron chi connectivity index (χ1n) is 20.8. The summed E-state index contributed by atoms with van der Waals surface area (Å²) in [5, 5.41) is 63.2. The molecule has 3 fully saturated rings. The summed E-state index contributed by atoms with van der Waals surface area (Å²) in [5.41, 5.74) is -6.54. The molecule has 0 spiro atoms. The van der Waals surface area contributed by atoms with Crippen LogP contribution in [0.1, 0.15) is 88.9 Å². The fourth-order valence-electron chi connectivity index (χ4n) is 10.4. The Kier molecular flexibility index (Phi) is 16.9. The van der Waals surface area contributed by atoms with Gasteiger partial charge in [0, 0.05) is 29.1 Å². The lowest BCUT2D eigenvalue weighted by Gasteiger charge is -2.62. The summed E-state index contributed by atoms with van der Waals surface area (Å²) < 4.78 is 45.2. The van der Waals surface area contributed by atoms with Crippen molar-refractivity contribution in [3.63, 3.8) is 0 Å². The van der Waals surface area contributed by atoms with Gasteiger partial charge >= 0.3 is 18.1 Å². The zero-order chi connectivity index (χ0) is 47.9. The number of halogens is 1. The number of carbonyl (C=O) groups is 5. The lowest BCUT2D eigenvalue weighted by molar-refractivity contribution is -0.527. The Morgan fingerprint density at radius 2 is 1.65 bits per heavy atom. The highest BCUT2D eigenvalue weighted by atomic mass is 19.1. The molecule has 4 aliphatic carbocycles. The Bertz CT molecular complexity index is 1970. The number of ether oxygens (including phenoxy) is 5. The molecule has 5 rings (SSSR count). The number of alkyl halides is 1. The van der Waals surface area contributed by atoms with Crippen molar-refractivity contribution < 1.29 is 103 Å². The van der Waals surface area contributed by atoms with E-state index in [0.29, 0.717) is 18.4 Å². The van der Waals surface area contributed by atoms with Crippen LogP contribution in [0.15, 0.2) is 42.0 Å². The summed E-state index contributed by atoms with van der Waals surface area (Å²) in [7, 11) is 1.23. The Hall–Kier alpha value is -4.54. The molecule has 3 unspecified atom stereocenters. The van der Waals surface area contributed by atoms with Crippen LogP contribution >= 0.6 is 0 Å². The predicted molar refractivity (Wildman–Crippen MR) is 208 cm³/mol. The second-order valence-electron chi connectivity index (χ2n) is 16.9. The van der Waals surface area contributed by atoms with Gasteiger partial charge in [-0.2, -0.15) is 0 Å². The molecule has 24 heteroatoms. The Morgan fingerprint density at radius 1 is 0.923 bits per heavy atom. The van der Waals surface area contributed by atoms with Gasteiger partial charge < -0.3 is 28.8 Å². The van der Waals surface area contributed by atoms with E-state index in [0.717, 1.165) is 0 Å². The molecule has 65 heavy (non-hydrogen) atoms. The van der Waals surface area contributed by atoms with Crippen LogP contribution in [-0.4, -0.2) is 139 Å². The first-order valence-corrected chi connectivity index (χ1v) is 20.8. The third-order valence-electron chi connectivity index (χ3n) is 13.3. The number of carbonyl (C=O) groups excluding carboxylic acids is 5. The average Bonchev–Trinajstić information content (AvgIpc) is 3.45. The van der Waals surface area contributed by atoms with Crippen LogP contribution in [0.2, 0.25) is 0 Å². The maximum Gasteiger partial charge on any atom is 0.514 e. The number of ketones is 2. The second-order valence-corrected chi connectivity index (χ2v) is 16.9. The Morgan fingerprint density at radius 3 is 2.32 bits per heavy atom. The number of aliphatic hydroxyl groups excluding tert-OH is 1. The summed E-state index contributed by atoms with van der Waals surface area (Å²) in [6, 6.07) is 3.69. The molecule has 0 radical (unpaired) electrons. The number of fused-ring (bicyclic) bond motifs is 5. The summed E-state index contributed by atoms with van der Waals surface area (Å²) >= 11 is 0. The van der Waals surface area contributed by atoms with Gasteiger partial charge in [0.2, 0.25) is 5.78 Å². The smallest absolute Gasteiger partial charge is 0.493 e. The van der Waals surface area contributed by atoms with Crippen LogP contribution in [0.3, 0.4) is 0 Å². The topological polar surface area (TPSA) is 311 Å². The van der Waals surface area contributed by atoms with Gasteiger partial charge in [-0.3, -0.25) is 50.5 Å². The largest absolute Gasteiger partial charge is 0.514 e. The number of hydrogen-bond acceptors (Lipinski definition) is 23. The molecule has 9 atom stereocenters. The highest BCUT2D eigenvalue weighted by molar-refractivity contribution is 6.01. The number of methoxy groups -OCH3 is 1. The zero-order valence-electron chi connectivity index (χ0n) is 36.2. The van der Waals surface area contributed by atoms with Crippen molar-refractivity contribution in [2.45, 2.75) is 102 Å². The van der Waals surface area contributed by atoms with Gasteiger partial charge in [0.25, 0.3) is 0 Å². The van der Waals surface area contributed by atoms with Crippen molar-refractivity contribution in [1.82, 2.24) is 16.2 Å². The predicted octanol–water partition coefficient (Wildman–Crippen LogP) is 4.19. The third-order valence-corrected chi connectivity index (χ3v) is 13.3. The van der Waals surface area contributed by atoms with E-state index in [2.05, 4.69) is 14.5 Å². The number of aliphatic hydroxyl groups is 1. The van der Waals surface area contributed by atoms with Crippen LogP contribution in [0.5, 0.6) is 11.5 Å². The molecular formula is C41H56FN3O20. The van der Waals surface area contributed by atoms with Gasteiger partial charge in [-0.1, -0.05) is 25.5 Å². The number of Topliss-reactive ketones (excluding diaryl/α,β-unsaturated/α-hetero) is 1. The quantitative estimate of drug-likeness (QED) is 0.0282. The highest BCUT2D eigenvalue weighted by Gasteiger charge is 2.77. The van der Waals surface area contributed by atoms with Crippen LogP contribution in [0, 0.1) is 28.6 Å². The molecule has 23 nitrogen and oxygen atoms in total. The van der Waals surface area contributed by atoms with Gasteiger partial charge in [-0.05, 0) is 94.6 Å². The number of nitrogens with zero attached hydrogens (tertiary/aromatic N) is 3.